The van der Waals surface area contributed by atoms with Crippen molar-refractivity contribution < 1.29 is 18.0 Å². The van der Waals surface area contributed by atoms with Gasteiger partial charge >= 0.3 is 0 Å². The third-order valence-corrected chi connectivity index (χ3v) is 4.95. The summed E-state index contributed by atoms with van der Waals surface area (Å²) < 4.78 is 24.9. The van der Waals surface area contributed by atoms with Crippen LogP contribution in [0.5, 0.6) is 0 Å². The molecule has 0 radical (unpaired) electrons. The van der Waals surface area contributed by atoms with Gasteiger partial charge in [0.2, 0.25) is 5.76 Å². The molecule has 28 heavy (non-hydrogen) atoms. The third-order valence-electron chi connectivity index (χ3n) is 4.95. The first kappa shape index (κ1) is 16.5. The number of fused-ring (bicyclic) bond motifs is 2. The van der Waals surface area contributed by atoms with Gasteiger partial charge in [0.15, 0.2) is 5.43 Å². The summed E-state index contributed by atoms with van der Waals surface area (Å²) in [4.78, 5) is 27.9. The summed E-state index contributed by atoms with van der Waals surface area (Å²) in [6.07, 6.45) is 1.53. The van der Waals surface area contributed by atoms with Gasteiger partial charge in [0.25, 0.3) is 5.91 Å². The smallest absolute Gasteiger partial charge is 0.291 e. The van der Waals surface area contributed by atoms with Gasteiger partial charge in [-0.05, 0) is 35.9 Å². The quantitative estimate of drug-likeness (QED) is 0.536. The van der Waals surface area contributed by atoms with Gasteiger partial charge in [0.1, 0.15) is 17.2 Å². The van der Waals surface area contributed by atoms with Crippen LogP contribution in [0.1, 0.15) is 33.5 Å². The van der Waals surface area contributed by atoms with Gasteiger partial charge in [-0.25, -0.2) is 4.39 Å². The normalized spacial score (nSPS) is 16.0. The maximum atomic E-state index is 13.7. The lowest BCUT2D eigenvalue weighted by Gasteiger charge is -2.24. The van der Waals surface area contributed by atoms with E-state index in [1.165, 1.54) is 18.4 Å². The summed E-state index contributed by atoms with van der Waals surface area (Å²) in [6.45, 7) is 0.180. The number of hydrogen-bond acceptors (Lipinski definition) is 4. The average molecular weight is 375 g/mol. The Hall–Kier alpha value is -3.67. The Bertz CT molecular complexity index is 1250. The van der Waals surface area contributed by atoms with E-state index in [1.807, 2.05) is 30.3 Å². The molecule has 5 nitrogen and oxygen atoms in total. The topological polar surface area (TPSA) is 63.7 Å². The number of nitrogens with zero attached hydrogens (tertiary/aromatic N) is 1. The predicted octanol–water partition coefficient (Wildman–Crippen LogP) is 4.27. The van der Waals surface area contributed by atoms with Crippen LogP contribution >= 0.6 is 0 Å². The van der Waals surface area contributed by atoms with Crippen molar-refractivity contribution in [2.24, 2.45) is 0 Å². The molecular formula is C22H14FNO4. The van der Waals surface area contributed by atoms with E-state index in [2.05, 4.69) is 0 Å². The van der Waals surface area contributed by atoms with E-state index in [4.69, 9.17) is 8.83 Å². The number of carbonyl (C=O) groups is 1. The number of furan rings is 1. The maximum Gasteiger partial charge on any atom is 0.291 e. The summed E-state index contributed by atoms with van der Waals surface area (Å²) in [6, 6.07) is 15.8. The van der Waals surface area contributed by atoms with Crippen LogP contribution in [0.15, 0.2) is 80.6 Å². The summed E-state index contributed by atoms with van der Waals surface area (Å²) in [5.41, 5.74) is 0.773. The highest BCUT2D eigenvalue weighted by molar-refractivity contribution is 5.99. The molecule has 0 aliphatic carbocycles. The van der Waals surface area contributed by atoms with Crippen molar-refractivity contribution in [3.63, 3.8) is 0 Å². The minimum absolute atomic E-state index is 0.00971. The molecule has 4 aromatic rings. The molecule has 1 atom stereocenters. The zero-order valence-corrected chi connectivity index (χ0v) is 14.6. The van der Waals surface area contributed by atoms with E-state index in [-0.39, 0.29) is 28.8 Å². The molecule has 3 heterocycles. The van der Waals surface area contributed by atoms with Crippen molar-refractivity contribution in [2.45, 2.75) is 12.6 Å². The molecule has 1 aliphatic rings. The van der Waals surface area contributed by atoms with Gasteiger partial charge < -0.3 is 13.7 Å². The fourth-order valence-electron chi connectivity index (χ4n) is 3.71. The van der Waals surface area contributed by atoms with Gasteiger partial charge in [0, 0.05) is 0 Å². The first-order valence-corrected chi connectivity index (χ1v) is 8.78. The molecule has 1 amide bonds. The lowest BCUT2D eigenvalue weighted by Crippen LogP contribution is -2.29. The Labute approximate surface area is 158 Å². The number of hydrogen-bond donors (Lipinski definition) is 0. The highest BCUT2D eigenvalue weighted by Gasteiger charge is 2.43. The minimum atomic E-state index is -0.641. The molecule has 6 heteroatoms. The second kappa shape index (κ2) is 6.20. The van der Waals surface area contributed by atoms with Crippen molar-refractivity contribution in [3.8, 4) is 0 Å². The van der Waals surface area contributed by atoms with Crippen LogP contribution in [0.25, 0.3) is 11.0 Å². The first-order chi connectivity index (χ1) is 13.6. The molecule has 5 rings (SSSR count). The van der Waals surface area contributed by atoms with Gasteiger partial charge in [-0.15, -0.1) is 0 Å². The van der Waals surface area contributed by atoms with Crippen LogP contribution in [-0.2, 0) is 6.54 Å². The van der Waals surface area contributed by atoms with Crippen molar-refractivity contribution in [3.05, 3.63) is 106 Å². The van der Waals surface area contributed by atoms with Crippen LogP contribution in [0, 0.1) is 5.82 Å². The Kier molecular flexibility index (Phi) is 3.65. The van der Waals surface area contributed by atoms with E-state index in [9.17, 15) is 14.0 Å². The Morgan fingerprint density at radius 2 is 1.82 bits per heavy atom. The second-order valence-electron chi connectivity index (χ2n) is 6.64. The average Bonchev–Trinajstić information content (AvgIpc) is 3.31. The molecule has 0 fully saturated rings. The van der Waals surface area contributed by atoms with Crippen LogP contribution in [-0.4, -0.2) is 10.8 Å². The third kappa shape index (κ3) is 2.45. The fourth-order valence-corrected chi connectivity index (χ4v) is 3.71. The SMILES string of the molecule is O=C1c2oc3ccc(F)cc3c(=O)c2C(c2ccccc2)N1Cc1ccco1. The fraction of sp³-hybridized carbons (Fsp3) is 0.0909. The zero-order valence-electron chi connectivity index (χ0n) is 14.6. The highest BCUT2D eigenvalue weighted by atomic mass is 19.1. The van der Waals surface area contributed by atoms with E-state index >= 15 is 0 Å². The first-order valence-electron chi connectivity index (χ1n) is 8.78. The van der Waals surface area contributed by atoms with Gasteiger partial charge in [-0.1, -0.05) is 30.3 Å². The summed E-state index contributed by atoms with van der Waals surface area (Å²) >= 11 is 0. The summed E-state index contributed by atoms with van der Waals surface area (Å²) in [5, 5.41) is 0.118. The number of rotatable bonds is 3. The van der Waals surface area contributed by atoms with Gasteiger partial charge in [-0.2, -0.15) is 0 Å². The van der Waals surface area contributed by atoms with Crippen molar-refractivity contribution in [2.75, 3.05) is 0 Å². The lowest BCUT2D eigenvalue weighted by molar-refractivity contribution is 0.0701. The number of carbonyl (C=O) groups excluding carboxylic acids is 1. The molecule has 0 saturated carbocycles. The molecule has 1 aliphatic heterocycles. The number of benzene rings is 2. The molecule has 138 valence electrons. The van der Waals surface area contributed by atoms with E-state index in [0.29, 0.717) is 5.76 Å². The van der Waals surface area contributed by atoms with Crippen molar-refractivity contribution in [1.82, 2.24) is 4.90 Å². The molecule has 2 aromatic carbocycles. The molecule has 0 saturated heterocycles. The van der Waals surface area contributed by atoms with Crippen molar-refractivity contribution >= 4 is 16.9 Å². The molecular weight excluding hydrogens is 361 g/mol. The number of halogens is 1. The molecule has 2 aromatic heterocycles. The van der Waals surface area contributed by atoms with Crippen molar-refractivity contribution in [1.29, 1.82) is 0 Å². The monoisotopic (exact) mass is 375 g/mol. The summed E-state index contributed by atoms with van der Waals surface area (Å²) in [7, 11) is 0. The van der Waals surface area contributed by atoms with Crippen LogP contribution in [0.2, 0.25) is 0 Å². The predicted molar refractivity (Wildman–Crippen MR) is 99.3 cm³/mol. The molecule has 0 spiro atoms. The van der Waals surface area contributed by atoms with Crippen LogP contribution in [0.3, 0.4) is 0 Å². The summed E-state index contributed by atoms with van der Waals surface area (Å²) in [5.74, 6) is -0.356. The number of amides is 1. The molecule has 0 N–H and O–H groups in total. The van der Waals surface area contributed by atoms with Crippen LogP contribution in [0.4, 0.5) is 4.39 Å². The minimum Gasteiger partial charge on any atom is -0.467 e. The second-order valence-corrected chi connectivity index (χ2v) is 6.64. The van der Waals surface area contributed by atoms with Crippen LogP contribution < -0.4 is 5.43 Å². The Morgan fingerprint density at radius 1 is 1.00 bits per heavy atom. The maximum absolute atomic E-state index is 13.7. The van der Waals surface area contributed by atoms with Gasteiger partial charge in [0.05, 0.1) is 29.8 Å². The van der Waals surface area contributed by atoms with E-state index in [0.717, 1.165) is 11.6 Å². The standard InChI is InChI=1S/C22H14FNO4/c23-14-8-9-17-16(11-14)20(25)18-19(13-5-2-1-3-6-13)24(22(26)21(18)28-17)12-15-7-4-10-27-15/h1-11,19H,12H2. The van der Waals surface area contributed by atoms with E-state index in [1.54, 1.807) is 17.0 Å². The largest absolute Gasteiger partial charge is 0.467 e. The zero-order chi connectivity index (χ0) is 19.3. The highest BCUT2D eigenvalue weighted by Crippen LogP contribution is 2.39. The molecule has 1 unspecified atom stereocenters. The molecule has 0 bridgehead atoms. The lowest BCUT2D eigenvalue weighted by atomic mass is 9.98. The van der Waals surface area contributed by atoms with E-state index < -0.39 is 23.2 Å². The Morgan fingerprint density at radius 3 is 2.57 bits per heavy atom. The Balaban J connectivity index is 1.76. The van der Waals surface area contributed by atoms with Gasteiger partial charge in [-0.3, -0.25) is 9.59 Å².